The van der Waals surface area contributed by atoms with Crippen LogP contribution in [0.15, 0.2) is 60.9 Å². The molecule has 48 heteroatoms. The molecule has 2 fully saturated rings. The number of hydrogen-bond donors (Lipinski definition) is 24. The second-order valence-corrected chi connectivity index (χ2v) is 33.5. The first-order valence-electron chi connectivity index (χ1n) is 40.7. The van der Waals surface area contributed by atoms with Gasteiger partial charge in [-0.25, -0.2) is 0 Å². The summed E-state index contributed by atoms with van der Waals surface area (Å²) in [6.45, 7) is 1.64. The maximum absolute atomic E-state index is 14.6. The number of nitrogens with zero attached hydrogens (tertiary/aromatic N) is 4. The topological polar surface area (TPSA) is 688 Å². The second-order valence-electron chi connectivity index (χ2n) is 30.1. The Labute approximate surface area is 744 Å². The highest BCUT2D eigenvalue weighted by Crippen LogP contribution is 2.28. The molecule has 126 heavy (non-hydrogen) atoms. The number of amides is 16. The summed E-state index contributed by atoms with van der Waals surface area (Å²) >= 11 is 8.18. The molecule has 0 spiro atoms. The monoisotopic (exact) mass is 1830 g/mol. The summed E-state index contributed by atoms with van der Waals surface area (Å²) in [5, 5.41) is 66.3. The summed E-state index contributed by atoms with van der Waals surface area (Å²) in [7, 11) is 5.18. The van der Waals surface area contributed by atoms with Crippen molar-refractivity contribution in [1.82, 2.24) is 93.4 Å². The van der Waals surface area contributed by atoms with E-state index in [1.165, 1.54) is 59.3 Å². The molecule has 4 heterocycles. The van der Waals surface area contributed by atoms with Crippen LogP contribution in [-0.2, 0) is 99.1 Å². The van der Waals surface area contributed by atoms with Gasteiger partial charge in [-0.05, 0) is 101 Å². The molecule has 26 N–H and O–H groups in total. The number of para-hydroxylation sites is 2. The van der Waals surface area contributed by atoms with Gasteiger partial charge in [-0.15, -0.1) is 0 Å². The number of aromatic amines is 2. The lowest BCUT2D eigenvalue weighted by Crippen LogP contribution is -2.59. The number of H-pyrrole nitrogens is 2. The van der Waals surface area contributed by atoms with E-state index in [-0.39, 0.29) is 125 Å². The molecular formula is C78H114N24O20S4. The molecule has 16 amide bonds. The number of carbonyl (C=O) groups excluding carboxylic acids is 16. The first-order valence-corrected chi connectivity index (χ1v) is 44.4. The number of rotatable bonds is 53. The van der Waals surface area contributed by atoms with Gasteiger partial charge in [-0.3, -0.25) is 97.1 Å². The van der Waals surface area contributed by atoms with Crippen molar-refractivity contribution in [3.8, 4) is 0 Å². The highest BCUT2D eigenvalue weighted by Gasteiger charge is 2.43. The SMILES string of the molecule is C[C@@H](C(=O)N[C@@H](CCCCNC(=N)N)C(=O)NCC(=O)N[C@@H](CC(=O)O)C(=O)N[C@@H](Cc1c[nH]c2ccccc12)C(=O)N1CCC[C@H]1C(=O)N[C@@H](CS)C(N)=O)N(C)C(=O)CCSSCCC(=O)N(C)[C@@H](C)C(=O)N[C@@H](CCCCNC(=N)N)C(=O)NCC(=O)N[C@@H](CC(=O)O)C(=O)N[C@@H](Cc1c[nH]c2ccccc12)C(=O)N1CCC[C@H]1C(=O)N[C@@H](CS)C(N)=O. The quantitative estimate of drug-likeness (QED) is 0.00651. The Balaban J connectivity index is 1.000. The molecule has 0 unspecified atom stereocenters. The number of thiol groups is 2. The molecule has 0 saturated carbocycles. The van der Waals surface area contributed by atoms with Crippen LogP contribution in [0.25, 0.3) is 21.8 Å². The smallest absolute Gasteiger partial charge is 0.305 e. The number of nitrogens with two attached hydrogens (primary N) is 4. The fraction of sp³-hybridized carbons (Fsp3) is 0.538. The average molecular weight is 1840 g/mol. The van der Waals surface area contributed by atoms with E-state index in [0.717, 1.165) is 9.80 Å². The number of aromatic nitrogens is 2. The first kappa shape index (κ1) is 103. The molecule has 0 aliphatic carbocycles. The van der Waals surface area contributed by atoms with E-state index in [4.69, 9.17) is 33.8 Å². The number of fused-ring (bicyclic) bond motifs is 2. The number of carboxylic acids is 2. The average Bonchev–Trinajstić information content (AvgIpc) is 1.65. The number of hydrogen-bond acceptors (Lipinski definition) is 24. The highest BCUT2D eigenvalue weighted by molar-refractivity contribution is 8.76. The standard InChI is InChI=1S/C78H114N24O20S4/c1-41(67(113)93-49(19-9-11-25-85-77(81)82)69(115)89-37-59(103)91-51(33-63(107)108)71(117)95-53(31-43-35-87-47-17-7-5-15-45(43)47)75(121)101-27-13-21-57(101)73(119)97-55(39-123)65(79)111)99(3)61(105)23-29-125-126-30-24-62(106)100(4)42(2)68(114)94-50(20-10-12-26-86-78(83)84)70(116)90-38-60(104)92-52(34-64(109)110)72(118)96-54(32-44-36-88-48-18-8-6-16-46(44)48)76(122)102-28-14-22-58(102)74(120)98-56(40-124)66(80)112/h5-8,15-18,35-36,41-42,49-58,87-88,123-124H,9-14,19-34,37-40H2,1-4H3,(H2,79,111)(H2,80,112)(H,89,115)(H,90,116)(H,91,103)(H,92,104)(H,93,113)(H,94,114)(H,95,117)(H,96,118)(H,97,119)(H,98,120)(H,107,108)(H,109,110)(H4,81,82,85)(H4,83,84,86)/t41-,42-,49-,50-,51-,52-,53-,54-,55-,56-,57-,58-/m0/s1. The van der Waals surface area contributed by atoms with E-state index in [1.54, 1.807) is 60.9 Å². The van der Waals surface area contributed by atoms with Crippen LogP contribution in [0.1, 0.15) is 115 Å². The van der Waals surface area contributed by atoms with Crippen LogP contribution >= 0.6 is 46.8 Å². The summed E-state index contributed by atoms with van der Waals surface area (Å²) in [5.74, 6) is -16.9. The normalized spacial score (nSPS) is 15.9. The van der Waals surface area contributed by atoms with Gasteiger partial charge in [0.15, 0.2) is 11.9 Å². The van der Waals surface area contributed by atoms with Gasteiger partial charge in [0.1, 0.15) is 72.5 Å². The molecule has 6 rings (SSSR count). The molecule has 2 aliphatic heterocycles. The van der Waals surface area contributed by atoms with Crippen LogP contribution in [0.3, 0.4) is 0 Å². The number of unbranched alkanes of at least 4 members (excludes halogenated alkanes) is 2. The van der Waals surface area contributed by atoms with Crippen molar-refractivity contribution in [2.24, 2.45) is 22.9 Å². The van der Waals surface area contributed by atoms with Crippen LogP contribution in [0.4, 0.5) is 0 Å². The maximum atomic E-state index is 14.6. The third kappa shape index (κ3) is 32.2. The number of likely N-dealkylation sites (tertiary alicyclic amines) is 2. The minimum absolute atomic E-state index is 0.0436. The fourth-order valence-electron chi connectivity index (χ4n) is 13.8. The van der Waals surface area contributed by atoms with Crippen LogP contribution in [0.5, 0.6) is 0 Å². The molecule has 690 valence electrons. The van der Waals surface area contributed by atoms with Gasteiger partial charge in [0.25, 0.3) is 0 Å². The van der Waals surface area contributed by atoms with Crippen LogP contribution in [0.2, 0.25) is 0 Å². The molecule has 44 nitrogen and oxygen atoms in total. The second kappa shape index (κ2) is 51.4. The number of guanidine groups is 2. The number of aliphatic carboxylic acids is 2. The Morgan fingerprint density at radius 2 is 0.833 bits per heavy atom. The lowest BCUT2D eigenvalue weighted by Gasteiger charge is -2.30. The van der Waals surface area contributed by atoms with Gasteiger partial charge in [0.05, 0.1) is 25.9 Å². The van der Waals surface area contributed by atoms with Gasteiger partial charge >= 0.3 is 11.9 Å². The molecule has 2 aliphatic rings. The zero-order chi connectivity index (χ0) is 93.0. The Kier molecular flexibility index (Phi) is 41.9. The summed E-state index contributed by atoms with van der Waals surface area (Å²) in [6, 6.07) is -2.03. The van der Waals surface area contributed by atoms with Crippen molar-refractivity contribution in [2.45, 2.75) is 189 Å². The minimum atomic E-state index is -1.84. The molecule has 2 aromatic heterocycles. The molecule has 2 aromatic carbocycles. The summed E-state index contributed by atoms with van der Waals surface area (Å²) < 4.78 is 0. The van der Waals surface area contributed by atoms with E-state index in [1.807, 2.05) is 0 Å². The maximum Gasteiger partial charge on any atom is 0.305 e. The van der Waals surface area contributed by atoms with Crippen molar-refractivity contribution < 1.29 is 96.5 Å². The van der Waals surface area contributed by atoms with Crippen molar-refractivity contribution in [3.63, 3.8) is 0 Å². The molecule has 0 bridgehead atoms. The number of nitrogens with one attached hydrogen (secondary N) is 16. The molecular weight excluding hydrogens is 1720 g/mol. The largest absolute Gasteiger partial charge is 0.481 e. The summed E-state index contributed by atoms with van der Waals surface area (Å²) in [6.07, 6.45) is 2.85. The highest BCUT2D eigenvalue weighted by atomic mass is 33.1. The van der Waals surface area contributed by atoms with E-state index in [9.17, 15) is 96.5 Å². The van der Waals surface area contributed by atoms with Crippen molar-refractivity contribution >= 4 is 187 Å². The van der Waals surface area contributed by atoms with Crippen molar-refractivity contribution in [2.75, 3.05) is 76.4 Å². The first-order chi connectivity index (χ1) is 59.8. The third-order valence-electron chi connectivity index (χ3n) is 21.0. The summed E-state index contributed by atoms with van der Waals surface area (Å²) in [5.41, 5.74) is 24.2. The molecule has 2 saturated heterocycles. The predicted octanol–water partition coefficient (Wildman–Crippen LogP) is -4.53. The number of likely N-dealkylation sites (N-methyl/N-ethyl adjacent to an activating group) is 2. The van der Waals surface area contributed by atoms with Crippen molar-refractivity contribution in [1.29, 1.82) is 10.8 Å². The number of carboxylic acid groups (broad SMARTS) is 2. The Morgan fingerprint density at radius 3 is 1.17 bits per heavy atom. The lowest BCUT2D eigenvalue weighted by atomic mass is 10.0. The van der Waals surface area contributed by atoms with Crippen LogP contribution in [0, 0.1) is 10.8 Å². The predicted molar refractivity (Wildman–Crippen MR) is 472 cm³/mol. The Morgan fingerprint density at radius 1 is 0.476 bits per heavy atom. The minimum Gasteiger partial charge on any atom is -0.481 e. The zero-order valence-electron chi connectivity index (χ0n) is 70.1. The van der Waals surface area contributed by atoms with E-state index in [0.29, 0.717) is 58.6 Å². The Hall–Kier alpha value is -12.1. The van der Waals surface area contributed by atoms with E-state index < -0.39 is 205 Å². The Bertz CT molecular complexity index is 4320. The van der Waals surface area contributed by atoms with E-state index in [2.05, 4.69) is 99.0 Å². The zero-order valence-corrected chi connectivity index (χ0v) is 73.6. The number of benzene rings is 2. The van der Waals surface area contributed by atoms with Gasteiger partial charge in [0.2, 0.25) is 94.5 Å². The summed E-state index contributed by atoms with van der Waals surface area (Å²) in [4.78, 5) is 254. The molecule has 0 radical (unpaired) electrons. The molecule has 4 aromatic rings. The van der Waals surface area contributed by atoms with Crippen LogP contribution < -0.4 is 86.7 Å². The van der Waals surface area contributed by atoms with Crippen LogP contribution in [-0.4, -0.2) is 307 Å². The fourth-order valence-corrected chi connectivity index (χ4v) is 16.3. The van der Waals surface area contributed by atoms with E-state index >= 15 is 0 Å². The number of carbonyl (C=O) groups is 18. The van der Waals surface area contributed by atoms with Gasteiger partial charge in [0, 0.05) is 123 Å². The molecule has 12 atom stereocenters. The number of primary amides is 2. The van der Waals surface area contributed by atoms with Gasteiger partial charge < -0.3 is 127 Å². The van der Waals surface area contributed by atoms with Gasteiger partial charge in [-0.1, -0.05) is 58.0 Å². The third-order valence-corrected chi connectivity index (χ3v) is 24.2. The lowest BCUT2D eigenvalue weighted by molar-refractivity contribution is -0.143. The van der Waals surface area contributed by atoms with Gasteiger partial charge in [-0.2, -0.15) is 25.3 Å². The van der Waals surface area contributed by atoms with Crippen molar-refractivity contribution in [3.05, 3.63) is 72.1 Å².